The van der Waals surface area contributed by atoms with Crippen molar-refractivity contribution < 1.29 is 23.3 Å². The summed E-state index contributed by atoms with van der Waals surface area (Å²) in [7, 11) is 3.17. The van der Waals surface area contributed by atoms with E-state index >= 15 is 0 Å². The Morgan fingerprint density at radius 3 is 2.55 bits per heavy atom. The molecule has 0 spiro atoms. The van der Waals surface area contributed by atoms with E-state index in [1.807, 2.05) is 0 Å². The predicted molar refractivity (Wildman–Crippen MR) is 112 cm³/mol. The molecule has 0 aliphatic heterocycles. The van der Waals surface area contributed by atoms with Crippen molar-refractivity contribution in [2.45, 2.75) is 0 Å². The van der Waals surface area contributed by atoms with Crippen LogP contribution in [0.1, 0.15) is 0 Å². The Labute approximate surface area is 176 Å². The summed E-state index contributed by atoms with van der Waals surface area (Å²) in [6.45, 7) is 1.80. The highest BCUT2D eigenvalue weighted by Gasteiger charge is 2.18. The molecule has 0 atom stereocenters. The van der Waals surface area contributed by atoms with Crippen molar-refractivity contribution in [3.63, 3.8) is 0 Å². The average molecular weight is 466 g/mol. The summed E-state index contributed by atoms with van der Waals surface area (Å²) < 4.78 is 37.3. The number of para-hydroxylation sites is 1. The molecule has 0 unspecified atom stereocenters. The number of hydrogen-bond acceptors (Lipinski definition) is 7. The van der Waals surface area contributed by atoms with Gasteiger partial charge in [-0.05, 0) is 18.2 Å². The third-order valence-electron chi connectivity index (χ3n) is 4.07. The zero-order chi connectivity index (χ0) is 20.6. The Hall–Kier alpha value is -2.49. The van der Waals surface area contributed by atoms with Crippen LogP contribution in [0.15, 0.2) is 42.7 Å². The van der Waals surface area contributed by atoms with Crippen LogP contribution in [0.2, 0.25) is 0 Å². The fraction of sp³-hybridized carbons (Fsp3) is 0.300. The Morgan fingerprint density at radius 1 is 1.00 bits per heavy atom. The molecule has 7 nitrogen and oxygen atoms in total. The van der Waals surface area contributed by atoms with Gasteiger partial charge in [-0.2, -0.15) is 0 Å². The van der Waals surface area contributed by atoms with Crippen LogP contribution in [0.4, 0.5) is 15.9 Å². The van der Waals surface area contributed by atoms with Gasteiger partial charge in [0.25, 0.3) is 0 Å². The van der Waals surface area contributed by atoms with Crippen LogP contribution >= 0.6 is 16.1 Å². The molecular weight excluding hydrogens is 445 g/mol. The molecule has 2 aromatic carbocycles. The highest BCUT2D eigenvalue weighted by molar-refractivity contribution is 9.10. The number of aromatic nitrogens is 2. The monoisotopic (exact) mass is 465 g/mol. The Morgan fingerprint density at radius 2 is 1.79 bits per heavy atom. The fourth-order valence-electron chi connectivity index (χ4n) is 2.66. The van der Waals surface area contributed by atoms with Gasteiger partial charge in [0, 0.05) is 18.6 Å². The minimum atomic E-state index is -0.378. The number of nitrogens with zero attached hydrogens (tertiary/aromatic N) is 3. The lowest BCUT2D eigenvalue weighted by molar-refractivity contribution is 0.0540. The molecule has 0 fully saturated rings. The third kappa shape index (κ3) is 5.11. The van der Waals surface area contributed by atoms with E-state index < -0.39 is 0 Å². The van der Waals surface area contributed by atoms with Crippen LogP contribution in [0, 0.1) is 5.82 Å². The third-order valence-corrected chi connectivity index (χ3v) is 4.78. The van der Waals surface area contributed by atoms with Crippen molar-refractivity contribution >= 4 is 38.6 Å². The van der Waals surface area contributed by atoms with E-state index in [0.717, 1.165) is 0 Å². The Balaban J connectivity index is 1.86. The highest BCUT2D eigenvalue weighted by atomic mass is 79.9. The second kappa shape index (κ2) is 10.3. The molecule has 0 amide bonds. The number of methoxy groups -OCH3 is 2. The van der Waals surface area contributed by atoms with Gasteiger partial charge in [-0.15, -0.1) is 0 Å². The number of rotatable bonds is 10. The normalized spacial score (nSPS) is 10.9. The van der Waals surface area contributed by atoms with Crippen molar-refractivity contribution in [1.29, 1.82) is 0 Å². The average Bonchev–Trinajstić information content (AvgIpc) is 2.75. The van der Waals surface area contributed by atoms with Gasteiger partial charge < -0.3 is 18.9 Å². The van der Waals surface area contributed by atoms with Crippen molar-refractivity contribution in [1.82, 2.24) is 9.97 Å². The van der Waals surface area contributed by atoms with E-state index in [1.165, 1.54) is 16.3 Å². The molecule has 3 aromatic rings. The first-order valence-corrected chi connectivity index (χ1v) is 9.59. The molecule has 154 valence electrons. The fourth-order valence-corrected chi connectivity index (χ4v) is 3.23. The zero-order valence-electron chi connectivity index (χ0n) is 16.1. The van der Waals surface area contributed by atoms with Crippen LogP contribution in [0.25, 0.3) is 10.9 Å². The first-order valence-electron chi connectivity index (χ1n) is 8.88. The number of ether oxygens (including phenoxy) is 4. The lowest BCUT2D eigenvalue weighted by atomic mass is 10.2. The lowest BCUT2D eigenvalue weighted by Crippen LogP contribution is -2.10. The van der Waals surface area contributed by atoms with E-state index in [2.05, 4.69) is 26.1 Å². The number of hydrogen-bond donors (Lipinski definition) is 0. The van der Waals surface area contributed by atoms with Gasteiger partial charge in [0.05, 0.1) is 54.3 Å². The van der Waals surface area contributed by atoms with Gasteiger partial charge >= 0.3 is 0 Å². The molecule has 0 aliphatic carbocycles. The van der Waals surface area contributed by atoms with E-state index in [4.69, 9.17) is 18.9 Å². The minimum absolute atomic E-state index is 0.333. The van der Waals surface area contributed by atoms with Crippen LogP contribution < -0.4 is 13.4 Å². The molecule has 9 heteroatoms. The summed E-state index contributed by atoms with van der Waals surface area (Å²) in [4.78, 5) is 8.62. The molecular formula is C20H21BrFN3O4. The Kier molecular flexibility index (Phi) is 7.56. The van der Waals surface area contributed by atoms with Crippen molar-refractivity contribution in [2.75, 3.05) is 44.6 Å². The molecule has 0 saturated carbocycles. The van der Waals surface area contributed by atoms with Crippen LogP contribution in [-0.2, 0) is 9.47 Å². The molecule has 0 N–H and O–H groups in total. The van der Waals surface area contributed by atoms with Gasteiger partial charge in [0.15, 0.2) is 17.3 Å². The molecule has 0 radical (unpaired) electrons. The number of fused-ring (bicyclic) bond motifs is 1. The van der Waals surface area contributed by atoms with Crippen LogP contribution in [0.3, 0.4) is 0 Å². The van der Waals surface area contributed by atoms with Crippen molar-refractivity contribution in [3.05, 3.63) is 48.5 Å². The maximum absolute atomic E-state index is 14.2. The summed E-state index contributed by atoms with van der Waals surface area (Å²) in [6, 6.07) is 9.93. The number of halogens is 2. The molecule has 3 rings (SSSR count). The van der Waals surface area contributed by atoms with E-state index in [-0.39, 0.29) is 5.82 Å². The predicted octanol–water partition coefficient (Wildman–Crippen LogP) is 4.27. The largest absolute Gasteiger partial charge is 0.493 e. The summed E-state index contributed by atoms with van der Waals surface area (Å²) >= 11 is 3.41. The van der Waals surface area contributed by atoms with Crippen molar-refractivity contribution in [2.24, 2.45) is 0 Å². The summed E-state index contributed by atoms with van der Waals surface area (Å²) in [5, 5.41) is 0.674. The van der Waals surface area contributed by atoms with Gasteiger partial charge in [0.1, 0.15) is 18.8 Å². The summed E-state index contributed by atoms with van der Waals surface area (Å²) in [5.74, 6) is 1.15. The van der Waals surface area contributed by atoms with Gasteiger partial charge in [-0.3, -0.25) is 3.93 Å². The maximum atomic E-state index is 14.2. The van der Waals surface area contributed by atoms with Gasteiger partial charge in [-0.25, -0.2) is 14.4 Å². The minimum Gasteiger partial charge on any atom is -0.493 e. The molecule has 0 aliphatic rings. The second-order valence-corrected chi connectivity index (χ2v) is 6.61. The van der Waals surface area contributed by atoms with E-state index in [9.17, 15) is 4.39 Å². The molecule has 0 saturated heterocycles. The van der Waals surface area contributed by atoms with Crippen LogP contribution in [0.5, 0.6) is 11.5 Å². The maximum Gasteiger partial charge on any atom is 0.163 e. The molecule has 0 bridgehead atoms. The lowest BCUT2D eigenvalue weighted by Gasteiger charge is -2.19. The smallest absolute Gasteiger partial charge is 0.163 e. The Bertz CT molecular complexity index is 960. The molecule has 1 heterocycles. The highest BCUT2D eigenvalue weighted by Crippen LogP contribution is 2.38. The van der Waals surface area contributed by atoms with E-state index in [0.29, 0.717) is 60.3 Å². The van der Waals surface area contributed by atoms with Gasteiger partial charge in [-0.1, -0.05) is 12.1 Å². The SMILES string of the molecule is COCCOCCOc1cc2ncnc(N(Br)c3ccccc3F)c2cc1OC. The van der Waals surface area contributed by atoms with Crippen molar-refractivity contribution in [3.8, 4) is 11.5 Å². The first-order chi connectivity index (χ1) is 14.2. The zero-order valence-corrected chi connectivity index (χ0v) is 17.7. The standard InChI is InChI=1S/C20H21BrFN3O4/c1-26-7-8-28-9-10-29-19-12-16-14(11-18(19)27-2)20(24-13-23-16)25(21)17-6-4-3-5-15(17)22/h3-6,11-13H,7-10H2,1-2H3. The molecule has 29 heavy (non-hydrogen) atoms. The number of benzene rings is 2. The number of anilines is 2. The summed E-state index contributed by atoms with van der Waals surface area (Å²) in [5.41, 5.74) is 0.965. The van der Waals surface area contributed by atoms with Crippen LogP contribution in [-0.4, -0.2) is 50.6 Å². The van der Waals surface area contributed by atoms with E-state index in [1.54, 1.807) is 44.6 Å². The first kappa shape index (κ1) is 21.2. The van der Waals surface area contributed by atoms with Gasteiger partial charge in [0.2, 0.25) is 0 Å². The topological polar surface area (TPSA) is 65.9 Å². The summed E-state index contributed by atoms with van der Waals surface area (Å²) in [6.07, 6.45) is 1.41. The molecule has 1 aromatic heterocycles. The second-order valence-electron chi connectivity index (χ2n) is 5.90. The quantitative estimate of drug-likeness (QED) is 0.327.